The van der Waals surface area contributed by atoms with Crippen molar-refractivity contribution in [2.24, 2.45) is 0 Å². The van der Waals surface area contributed by atoms with Crippen LogP contribution in [0.25, 0.3) is 0 Å². The van der Waals surface area contributed by atoms with Gasteiger partial charge in [-0.3, -0.25) is 0 Å². The van der Waals surface area contributed by atoms with E-state index in [9.17, 15) is 0 Å². The number of unbranched alkanes of at least 4 members (excludes halogenated alkanes) is 6. The molecule has 0 aromatic heterocycles. The number of hydrogen-bond acceptors (Lipinski definition) is 1. The minimum atomic E-state index is 0.669. The van der Waals surface area contributed by atoms with Crippen LogP contribution < -0.4 is 5.32 Å². The molecular formula is C15H22BrCl2N. The highest BCUT2D eigenvalue weighted by Crippen LogP contribution is 2.33. The van der Waals surface area contributed by atoms with Gasteiger partial charge in [-0.25, -0.2) is 0 Å². The second-order valence-corrected chi connectivity index (χ2v) is 6.52. The minimum absolute atomic E-state index is 0.669. The summed E-state index contributed by atoms with van der Waals surface area (Å²) in [7, 11) is 0. The molecule has 1 aromatic rings. The van der Waals surface area contributed by atoms with Gasteiger partial charge in [0.1, 0.15) is 0 Å². The van der Waals surface area contributed by atoms with Crippen molar-refractivity contribution >= 4 is 44.8 Å². The van der Waals surface area contributed by atoms with Crippen molar-refractivity contribution in [1.82, 2.24) is 0 Å². The second kappa shape index (κ2) is 9.90. The van der Waals surface area contributed by atoms with E-state index in [4.69, 9.17) is 23.2 Å². The first-order valence-electron chi connectivity index (χ1n) is 7.03. The van der Waals surface area contributed by atoms with E-state index in [0.717, 1.165) is 23.1 Å². The van der Waals surface area contributed by atoms with Gasteiger partial charge in [0, 0.05) is 11.0 Å². The zero-order chi connectivity index (χ0) is 14.1. The molecule has 19 heavy (non-hydrogen) atoms. The summed E-state index contributed by atoms with van der Waals surface area (Å²) in [6.45, 7) is 3.17. The molecule has 0 saturated carbocycles. The second-order valence-electron chi connectivity index (χ2n) is 4.79. The van der Waals surface area contributed by atoms with Crippen molar-refractivity contribution in [3.05, 3.63) is 26.7 Å². The van der Waals surface area contributed by atoms with Crippen LogP contribution in [0.3, 0.4) is 0 Å². The number of nitrogens with one attached hydrogen (secondary N) is 1. The van der Waals surface area contributed by atoms with Crippen LogP contribution in [0.2, 0.25) is 10.0 Å². The van der Waals surface area contributed by atoms with Gasteiger partial charge in [-0.15, -0.1) is 0 Å². The largest absolute Gasteiger partial charge is 0.383 e. The summed E-state index contributed by atoms with van der Waals surface area (Å²) in [5.41, 5.74) is 0.845. The SMILES string of the molecule is CCCCCCCCCNc1c(Cl)cc(Br)cc1Cl. The number of rotatable bonds is 9. The van der Waals surface area contributed by atoms with Gasteiger partial charge in [0.05, 0.1) is 15.7 Å². The molecule has 0 aliphatic heterocycles. The lowest BCUT2D eigenvalue weighted by atomic mass is 10.1. The van der Waals surface area contributed by atoms with Crippen molar-refractivity contribution in [2.45, 2.75) is 51.9 Å². The Labute approximate surface area is 135 Å². The maximum Gasteiger partial charge on any atom is 0.0719 e. The third-order valence-electron chi connectivity index (χ3n) is 3.09. The van der Waals surface area contributed by atoms with Crippen LogP contribution in [0.1, 0.15) is 51.9 Å². The lowest BCUT2D eigenvalue weighted by Gasteiger charge is -2.10. The van der Waals surface area contributed by atoms with Crippen molar-refractivity contribution in [1.29, 1.82) is 0 Å². The summed E-state index contributed by atoms with van der Waals surface area (Å²) >= 11 is 15.7. The molecule has 0 amide bonds. The minimum Gasteiger partial charge on any atom is -0.383 e. The first kappa shape index (κ1) is 17.1. The van der Waals surface area contributed by atoms with Crippen molar-refractivity contribution in [3.63, 3.8) is 0 Å². The van der Waals surface area contributed by atoms with Crippen LogP contribution in [0.4, 0.5) is 5.69 Å². The lowest BCUT2D eigenvalue weighted by Crippen LogP contribution is -2.02. The van der Waals surface area contributed by atoms with Gasteiger partial charge in [-0.05, 0) is 18.6 Å². The van der Waals surface area contributed by atoms with Crippen LogP contribution in [0.15, 0.2) is 16.6 Å². The predicted octanol–water partition coefficient (Wildman–Crippen LogP) is 6.92. The quantitative estimate of drug-likeness (QED) is 0.467. The molecule has 0 fully saturated rings. The van der Waals surface area contributed by atoms with E-state index >= 15 is 0 Å². The standard InChI is InChI=1S/C15H22BrCl2N/c1-2-3-4-5-6-7-8-9-19-15-13(17)10-12(16)11-14(15)18/h10-11,19H,2-9H2,1H3. The van der Waals surface area contributed by atoms with Crippen LogP contribution >= 0.6 is 39.1 Å². The fourth-order valence-electron chi connectivity index (χ4n) is 2.01. The zero-order valence-electron chi connectivity index (χ0n) is 11.4. The molecule has 0 unspecified atom stereocenters. The summed E-state index contributed by atoms with van der Waals surface area (Å²) in [5, 5.41) is 4.66. The highest BCUT2D eigenvalue weighted by Gasteiger charge is 2.06. The monoisotopic (exact) mass is 365 g/mol. The summed E-state index contributed by atoms with van der Waals surface area (Å²) < 4.78 is 0.906. The van der Waals surface area contributed by atoms with Gasteiger partial charge in [0.15, 0.2) is 0 Å². The molecule has 1 N–H and O–H groups in total. The van der Waals surface area contributed by atoms with E-state index in [1.54, 1.807) is 0 Å². The Morgan fingerprint density at radius 3 is 2.05 bits per heavy atom. The molecule has 0 aliphatic carbocycles. The molecule has 1 rings (SSSR count). The molecular weight excluding hydrogens is 345 g/mol. The van der Waals surface area contributed by atoms with Crippen LogP contribution in [0.5, 0.6) is 0 Å². The molecule has 1 aromatic carbocycles. The summed E-state index contributed by atoms with van der Waals surface area (Å²) in [4.78, 5) is 0. The molecule has 0 radical (unpaired) electrons. The lowest BCUT2D eigenvalue weighted by molar-refractivity contribution is 0.596. The fraction of sp³-hybridized carbons (Fsp3) is 0.600. The average Bonchev–Trinajstić information content (AvgIpc) is 2.35. The van der Waals surface area contributed by atoms with Gasteiger partial charge in [0.25, 0.3) is 0 Å². The summed E-state index contributed by atoms with van der Waals surface area (Å²) in [5.74, 6) is 0. The summed E-state index contributed by atoms with van der Waals surface area (Å²) in [6, 6.07) is 3.72. The highest BCUT2D eigenvalue weighted by molar-refractivity contribution is 9.10. The Morgan fingerprint density at radius 1 is 0.947 bits per heavy atom. The topological polar surface area (TPSA) is 12.0 Å². The first-order valence-corrected chi connectivity index (χ1v) is 8.58. The number of hydrogen-bond donors (Lipinski definition) is 1. The molecule has 0 heterocycles. The maximum absolute atomic E-state index is 6.16. The van der Waals surface area contributed by atoms with Crippen LogP contribution in [-0.4, -0.2) is 6.54 Å². The molecule has 108 valence electrons. The maximum atomic E-state index is 6.16. The van der Waals surface area contributed by atoms with Gasteiger partial charge >= 0.3 is 0 Å². The van der Waals surface area contributed by atoms with Crippen molar-refractivity contribution in [2.75, 3.05) is 11.9 Å². The fourth-order valence-corrected chi connectivity index (χ4v) is 3.35. The van der Waals surface area contributed by atoms with Gasteiger partial charge in [-0.2, -0.15) is 0 Å². The van der Waals surface area contributed by atoms with E-state index in [0.29, 0.717) is 10.0 Å². The van der Waals surface area contributed by atoms with Crippen LogP contribution in [0, 0.1) is 0 Å². The molecule has 0 saturated heterocycles. The van der Waals surface area contributed by atoms with Gasteiger partial charge < -0.3 is 5.32 Å². The molecule has 0 bridgehead atoms. The van der Waals surface area contributed by atoms with E-state index < -0.39 is 0 Å². The smallest absolute Gasteiger partial charge is 0.0719 e. The third kappa shape index (κ3) is 6.87. The third-order valence-corrected chi connectivity index (χ3v) is 4.14. The number of anilines is 1. The van der Waals surface area contributed by atoms with E-state index in [-0.39, 0.29) is 0 Å². The number of halogens is 3. The van der Waals surface area contributed by atoms with Gasteiger partial charge in [0.2, 0.25) is 0 Å². The molecule has 0 spiro atoms. The van der Waals surface area contributed by atoms with Crippen molar-refractivity contribution in [3.8, 4) is 0 Å². The van der Waals surface area contributed by atoms with Crippen LogP contribution in [-0.2, 0) is 0 Å². The van der Waals surface area contributed by atoms with E-state index in [1.807, 2.05) is 12.1 Å². The number of benzene rings is 1. The Bertz CT molecular complexity index is 359. The highest BCUT2D eigenvalue weighted by atomic mass is 79.9. The molecule has 4 heteroatoms. The van der Waals surface area contributed by atoms with Crippen molar-refractivity contribution < 1.29 is 0 Å². The van der Waals surface area contributed by atoms with E-state index in [1.165, 1.54) is 38.5 Å². The average molecular weight is 367 g/mol. The normalized spacial score (nSPS) is 10.7. The Hall–Kier alpha value is 0.0800. The Balaban J connectivity index is 2.19. The molecule has 1 nitrogen and oxygen atoms in total. The molecule has 0 atom stereocenters. The van der Waals surface area contributed by atoms with E-state index in [2.05, 4.69) is 28.2 Å². The first-order chi connectivity index (χ1) is 9.15. The van der Waals surface area contributed by atoms with Gasteiger partial charge in [-0.1, -0.05) is 84.6 Å². The summed E-state index contributed by atoms with van der Waals surface area (Å²) in [6.07, 6.45) is 9.15. The molecule has 0 aliphatic rings. The predicted molar refractivity (Wildman–Crippen MR) is 90.6 cm³/mol. The Kier molecular flexibility index (Phi) is 8.93. The Morgan fingerprint density at radius 2 is 1.47 bits per heavy atom. The zero-order valence-corrected chi connectivity index (χ0v) is 14.5.